The number of nitrogens with one attached hydrogen (secondary N) is 1. The van der Waals surface area contributed by atoms with Crippen LogP contribution in [-0.4, -0.2) is 26.8 Å². The van der Waals surface area contributed by atoms with Crippen LogP contribution in [0.3, 0.4) is 0 Å². The van der Waals surface area contributed by atoms with E-state index in [1.54, 1.807) is 29.8 Å². The van der Waals surface area contributed by atoms with E-state index in [0.29, 0.717) is 10.7 Å². The molecule has 122 valence electrons. The second-order valence-electron chi connectivity index (χ2n) is 6.09. The Labute approximate surface area is 138 Å². The summed E-state index contributed by atoms with van der Waals surface area (Å²) in [6, 6.07) is 1.73. The summed E-state index contributed by atoms with van der Waals surface area (Å²) < 4.78 is 7.21. The van der Waals surface area contributed by atoms with Crippen molar-refractivity contribution in [1.29, 1.82) is 0 Å². The minimum Gasteiger partial charge on any atom is -0.459 e. The van der Waals surface area contributed by atoms with Crippen molar-refractivity contribution in [3.05, 3.63) is 35.2 Å². The summed E-state index contributed by atoms with van der Waals surface area (Å²) in [6.45, 7) is 3.22. The Hall–Kier alpha value is -2.08. The largest absolute Gasteiger partial charge is 0.459 e. The first-order valence-corrected chi connectivity index (χ1v) is 7.85. The summed E-state index contributed by atoms with van der Waals surface area (Å²) in [4.78, 5) is 28.0. The molecule has 0 unspecified atom stereocenters. The van der Waals surface area contributed by atoms with Crippen LogP contribution in [0.15, 0.2) is 24.7 Å². The third-order valence-corrected chi connectivity index (χ3v) is 4.40. The topological polar surface area (TPSA) is 72.7 Å². The maximum absolute atomic E-state index is 12.5. The van der Waals surface area contributed by atoms with Gasteiger partial charge in [-0.05, 0) is 31.7 Å². The van der Waals surface area contributed by atoms with Crippen molar-refractivity contribution < 1.29 is 14.3 Å². The number of nitrogens with zero attached hydrogens (tertiary/aromatic N) is 2. The molecule has 0 aromatic carbocycles. The molecule has 0 radical (unpaired) electrons. The number of rotatable bonds is 5. The van der Waals surface area contributed by atoms with E-state index >= 15 is 0 Å². The average Bonchev–Trinajstić information content (AvgIpc) is 3.23. The van der Waals surface area contributed by atoms with E-state index in [-0.39, 0.29) is 18.4 Å². The highest BCUT2D eigenvalue weighted by Crippen LogP contribution is 2.40. The summed E-state index contributed by atoms with van der Waals surface area (Å²) in [5.74, 6) is -0.519. The van der Waals surface area contributed by atoms with Gasteiger partial charge in [0.2, 0.25) is 5.91 Å². The van der Waals surface area contributed by atoms with E-state index in [9.17, 15) is 9.59 Å². The third kappa shape index (κ3) is 3.17. The van der Waals surface area contributed by atoms with E-state index in [4.69, 9.17) is 16.3 Å². The molecule has 2 aromatic rings. The van der Waals surface area contributed by atoms with Gasteiger partial charge in [-0.2, -0.15) is 0 Å². The number of imidazole rings is 1. The van der Waals surface area contributed by atoms with Gasteiger partial charge in [-0.25, -0.2) is 9.78 Å². The van der Waals surface area contributed by atoms with E-state index in [0.717, 1.165) is 18.4 Å². The van der Waals surface area contributed by atoms with Crippen LogP contribution in [0.2, 0.25) is 5.02 Å². The predicted molar refractivity (Wildman–Crippen MR) is 84.9 cm³/mol. The molecule has 1 atom stereocenters. The van der Waals surface area contributed by atoms with E-state index in [1.807, 2.05) is 6.20 Å². The van der Waals surface area contributed by atoms with Gasteiger partial charge in [0.05, 0.1) is 5.02 Å². The van der Waals surface area contributed by atoms with Gasteiger partial charge in [0.1, 0.15) is 12.1 Å². The number of pyridine rings is 1. The zero-order valence-corrected chi connectivity index (χ0v) is 13.8. The fourth-order valence-corrected chi connectivity index (χ4v) is 3.06. The summed E-state index contributed by atoms with van der Waals surface area (Å²) >= 11 is 6.16. The monoisotopic (exact) mass is 335 g/mol. The van der Waals surface area contributed by atoms with Crippen LogP contribution in [-0.2, 0) is 20.9 Å². The first-order valence-electron chi connectivity index (χ1n) is 7.47. The van der Waals surface area contributed by atoms with Crippen molar-refractivity contribution in [1.82, 2.24) is 14.7 Å². The zero-order valence-electron chi connectivity index (χ0n) is 13.0. The number of ether oxygens (including phenoxy) is 1. The molecule has 0 aliphatic heterocycles. The summed E-state index contributed by atoms with van der Waals surface area (Å²) in [5.41, 5.74) is 0.451. The molecule has 6 nitrogen and oxygen atoms in total. The van der Waals surface area contributed by atoms with Crippen molar-refractivity contribution in [2.45, 2.75) is 38.8 Å². The SMILES string of the molecule is CC(=O)N[C@@](C)(C(=O)OCc1cc(Cl)c2nccn2c1)C1CC1. The van der Waals surface area contributed by atoms with Crippen LogP contribution in [0.25, 0.3) is 5.65 Å². The minimum atomic E-state index is -0.964. The van der Waals surface area contributed by atoms with Crippen LogP contribution in [0.4, 0.5) is 0 Å². The maximum Gasteiger partial charge on any atom is 0.332 e. The number of hydrogen-bond acceptors (Lipinski definition) is 4. The molecule has 1 amide bonds. The normalized spacial score (nSPS) is 16.8. The molecule has 23 heavy (non-hydrogen) atoms. The van der Waals surface area contributed by atoms with Crippen molar-refractivity contribution >= 4 is 29.1 Å². The average molecular weight is 336 g/mol. The number of carbonyl (C=O) groups is 2. The molecular weight excluding hydrogens is 318 g/mol. The molecule has 1 aliphatic rings. The van der Waals surface area contributed by atoms with Gasteiger partial charge in [0.15, 0.2) is 5.65 Å². The number of hydrogen-bond donors (Lipinski definition) is 1. The van der Waals surface area contributed by atoms with Crippen LogP contribution >= 0.6 is 11.6 Å². The van der Waals surface area contributed by atoms with Gasteiger partial charge in [-0.1, -0.05) is 11.6 Å². The van der Waals surface area contributed by atoms with Gasteiger partial charge in [-0.15, -0.1) is 0 Å². The van der Waals surface area contributed by atoms with Crippen molar-refractivity contribution in [2.75, 3.05) is 0 Å². The van der Waals surface area contributed by atoms with Gasteiger partial charge < -0.3 is 14.5 Å². The Kier molecular flexibility index (Phi) is 4.02. The molecule has 3 rings (SSSR count). The van der Waals surface area contributed by atoms with Crippen molar-refractivity contribution in [2.24, 2.45) is 5.92 Å². The molecule has 2 aromatic heterocycles. The fourth-order valence-electron chi connectivity index (χ4n) is 2.77. The lowest BCUT2D eigenvalue weighted by Gasteiger charge is -2.28. The number of amides is 1. The highest BCUT2D eigenvalue weighted by molar-refractivity contribution is 6.33. The molecule has 2 heterocycles. The van der Waals surface area contributed by atoms with Gasteiger partial charge >= 0.3 is 5.97 Å². The molecule has 0 spiro atoms. The first kappa shape index (κ1) is 15.8. The van der Waals surface area contributed by atoms with Crippen LogP contribution in [0.5, 0.6) is 0 Å². The number of fused-ring (bicyclic) bond motifs is 1. The Balaban J connectivity index is 1.72. The Morgan fingerprint density at radius 3 is 2.91 bits per heavy atom. The summed E-state index contributed by atoms with van der Waals surface area (Å²) in [6.07, 6.45) is 7.07. The maximum atomic E-state index is 12.5. The van der Waals surface area contributed by atoms with Crippen LogP contribution in [0, 0.1) is 5.92 Å². The predicted octanol–water partition coefficient (Wildman–Crippen LogP) is 2.34. The molecule has 1 N–H and O–H groups in total. The van der Waals surface area contributed by atoms with Crippen molar-refractivity contribution in [3.8, 4) is 0 Å². The van der Waals surface area contributed by atoms with E-state index in [2.05, 4.69) is 10.3 Å². The number of aromatic nitrogens is 2. The second kappa shape index (κ2) is 5.85. The standard InChI is InChI=1S/C16H18ClN3O3/c1-10(21)19-16(2,12-3-4-12)15(22)23-9-11-7-13(17)14-18-5-6-20(14)8-11/h5-8,12H,3-4,9H2,1-2H3,(H,19,21)/t16-/m1/s1. The Morgan fingerprint density at radius 1 is 1.52 bits per heavy atom. The van der Waals surface area contributed by atoms with Crippen LogP contribution < -0.4 is 5.32 Å². The molecule has 1 saturated carbocycles. The Bertz CT molecular complexity index is 769. The minimum absolute atomic E-state index is 0.0918. The molecule has 0 bridgehead atoms. The van der Waals surface area contributed by atoms with E-state index in [1.165, 1.54) is 6.92 Å². The second-order valence-corrected chi connectivity index (χ2v) is 6.50. The fraction of sp³-hybridized carbons (Fsp3) is 0.438. The third-order valence-electron chi connectivity index (χ3n) is 4.12. The lowest BCUT2D eigenvalue weighted by Crippen LogP contribution is -2.54. The smallest absolute Gasteiger partial charge is 0.332 e. The molecule has 0 saturated heterocycles. The molecule has 1 aliphatic carbocycles. The summed E-state index contributed by atoms with van der Waals surface area (Å²) in [5, 5.41) is 3.23. The number of carbonyl (C=O) groups excluding carboxylic acids is 2. The number of esters is 1. The van der Waals surface area contributed by atoms with Gasteiger partial charge in [-0.3, -0.25) is 4.79 Å². The Morgan fingerprint density at radius 2 is 2.26 bits per heavy atom. The van der Waals surface area contributed by atoms with Crippen LogP contribution in [0.1, 0.15) is 32.3 Å². The highest BCUT2D eigenvalue weighted by Gasteiger charge is 2.49. The van der Waals surface area contributed by atoms with Gasteiger partial charge in [0, 0.05) is 31.1 Å². The number of halogens is 1. The zero-order chi connectivity index (χ0) is 16.6. The highest BCUT2D eigenvalue weighted by atomic mass is 35.5. The molecule has 1 fully saturated rings. The lowest BCUT2D eigenvalue weighted by atomic mass is 9.96. The molecular formula is C16H18ClN3O3. The first-order chi connectivity index (χ1) is 10.9. The van der Waals surface area contributed by atoms with E-state index < -0.39 is 11.5 Å². The van der Waals surface area contributed by atoms with Gasteiger partial charge in [0.25, 0.3) is 0 Å². The lowest BCUT2D eigenvalue weighted by molar-refractivity contribution is -0.155. The van der Waals surface area contributed by atoms with Crippen molar-refractivity contribution in [3.63, 3.8) is 0 Å². The summed E-state index contributed by atoms with van der Waals surface area (Å²) in [7, 11) is 0. The molecule has 7 heteroatoms. The quantitative estimate of drug-likeness (QED) is 0.851.